The first-order valence-electron chi connectivity index (χ1n) is 5.86. The molecule has 0 aliphatic heterocycles. The van der Waals surface area contributed by atoms with Crippen LogP contribution in [0.5, 0.6) is 5.75 Å². The van der Waals surface area contributed by atoms with Gasteiger partial charge in [0.15, 0.2) is 0 Å². The highest BCUT2D eigenvalue weighted by molar-refractivity contribution is 5.75. The van der Waals surface area contributed by atoms with Gasteiger partial charge in [-0.25, -0.2) is 9.37 Å². The zero-order valence-electron chi connectivity index (χ0n) is 10.2. The first-order valence-corrected chi connectivity index (χ1v) is 5.86. The summed E-state index contributed by atoms with van der Waals surface area (Å²) in [5, 5.41) is 2.73. The van der Waals surface area contributed by atoms with Gasteiger partial charge in [0.25, 0.3) is 0 Å². The minimum absolute atomic E-state index is 0.114. The van der Waals surface area contributed by atoms with Gasteiger partial charge in [0.05, 0.1) is 31.6 Å². The second-order valence-electron chi connectivity index (χ2n) is 3.91. The highest BCUT2D eigenvalue weighted by Crippen LogP contribution is 2.11. The maximum atomic E-state index is 12.6. The van der Waals surface area contributed by atoms with Crippen LogP contribution in [0.3, 0.4) is 0 Å². The van der Waals surface area contributed by atoms with E-state index in [1.54, 1.807) is 12.5 Å². The maximum absolute atomic E-state index is 12.6. The Labute approximate surface area is 109 Å². The number of halogens is 1. The minimum Gasteiger partial charge on any atom is -0.493 e. The molecule has 0 aliphatic rings. The van der Waals surface area contributed by atoms with Crippen molar-refractivity contribution in [2.45, 2.75) is 13.0 Å². The van der Waals surface area contributed by atoms with Crippen LogP contribution in [-0.2, 0) is 11.3 Å². The molecule has 0 radical (unpaired) electrons. The Morgan fingerprint density at radius 2 is 2.16 bits per heavy atom. The number of imidazole rings is 1. The molecule has 0 saturated carbocycles. The fourth-order valence-electron chi connectivity index (χ4n) is 1.46. The first kappa shape index (κ1) is 13.1. The lowest BCUT2D eigenvalue weighted by Crippen LogP contribution is -2.24. The highest BCUT2D eigenvalue weighted by atomic mass is 19.1. The molecule has 2 aromatic rings. The lowest BCUT2D eigenvalue weighted by molar-refractivity contribution is -0.121. The molecule has 1 amide bonds. The Morgan fingerprint density at radius 3 is 2.84 bits per heavy atom. The molecule has 1 heterocycles. The number of nitrogens with zero attached hydrogens (tertiary/aromatic N) is 1. The van der Waals surface area contributed by atoms with E-state index in [9.17, 15) is 9.18 Å². The number of rotatable bonds is 6. The van der Waals surface area contributed by atoms with Crippen molar-refractivity contribution in [3.05, 3.63) is 48.3 Å². The molecule has 1 aromatic heterocycles. The summed E-state index contributed by atoms with van der Waals surface area (Å²) in [6.45, 7) is 0.663. The molecular weight excluding hydrogens is 249 g/mol. The first-order chi connectivity index (χ1) is 9.24. The topological polar surface area (TPSA) is 67.0 Å². The number of amides is 1. The summed E-state index contributed by atoms with van der Waals surface area (Å²) < 4.78 is 18.0. The van der Waals surface area contributed by atoms with E-state index in [1.165, 1.54) is 24.3 Å². The van der Waals surface area contributed by atoms with E-state index in [2.05, 4.69) is 15.3 Å². The Kier molecular flexibility index (Phi) is 4.49. The molecule has 5 nitrogen and oxygen atoms in total. The molecule has 0 aliphatic carbocycles. The van der Waals surface area contributed by atoms with Crippen molar-refractivity contribution >= 4 is 5.91 Å². The van der Waals surface area contributed by atoms with Gasteiger partial charge in [0.2, 0.25) is 5.91 Å². The van der Waals surface area contributed by atoms with E-state index in [0.29, 0.717) is 12.3 Å². The van der Waals surface area contributed by atoms with Crippen LogP contribution in [0.4, 0.5) is 4.39 Å². The number of hydrogen-bond donors (Lipinski definition) is 2. The molecule has 2 N–H and O–H groups in total. The number of benzene rings is 1. The quantitative estimate of drug-likeness (QED) is 0.832. The van der Waals surface area contributed by atoms with Gasteiger partial charge in [-0.2, -0.15) is 0 Å². The highest BCUT2D eigenvalue weighted by Gasteiger charge is 2.02. The zero-order chi connectivity index (χ0) is 13.5. The number of carbonyl (C=O) groups excluding carboxylic acids is 1. The Morgan fingerprint density at radius 1 is 1.37 bits per heavy atom. The molecule has 0 fully saturated rings. The summed E-state index contributed by atoms with van der Waals surface area (Å²) in [6, 6.07) is 5.68. The van der Waals surface area contributed by atoms with Crippen molar-refractivity contribution in [1.82, 2.24) is 15.3 Å². The van der Waals surface area contributed by atoms with Crippen LogP contribution >= 0.6 is 0 Å². The molecule has 0 spiro atoms. The monoisotopic (exact) mass is 263 g/mol. The summed E-state index contributed by atoms with van der Waals surface area (Å²) in [4.78, 5) is 18.2. The van der Waals surface area contributed by atoms with Gasteiger partial charge in [-0.15, -0.1) is 0 Å². The molecule has 0 saturated heterocycles. The van der Waals surface area contributed by atoms with E-state index in [1.807, 2.05) is 0 Å². The predicted molar refractivity (Wildman–Crippen MR) is 66.9 cm³/mol. The fraction of sp³-hybridized carbons (Fsp3) is 0.231. The van der Waals surface area contributed by atoms with Crippen molar-refractivity contribution in [2.24, 2.45) is 0 Å². The number of ether oxygens (including phenoxy) is 1. The summed E-state index contributed by atoms with van der Waals surface area (Å²) in [6.07, 6.45) is 3.44. The van der Waals surface area contributed by atoms with Crippen LogP contribution in [0, 0.1) is 5.82 Å². The van der Waals surface area contributed by atoms with Crippen molar-refractivity contribution in [3.63, 3.8) is 0 Å². The SMILES string of the molecule is O=C(CCOc1ccc(F)cc1)NCc1cnc[nH]1. The smallest absolute Gasteiger partial charge is 0.223 e. The van der Waals surface area contributed by atoms with Crippen LogP contribution in [0.1, 0.15) is 12.1 Å². The standard InChI is InChI=1S/C13H14FN3O2/c14-10-1-3-12(4-2-10)19-6-5-13(18)16-8-11-7-15-9-17-11/h1-4,7,9H,5-6,8H2,(H,15,17)(H,16,18). The number of carbonyl (C=O) groups is 1. The number of hydrogen-bond acceptors (Lipinski definition) is 3. The predicted octanol–water partition coefficient (Wildman–Crippen LogP) is 1.63. The lowest BCUT2D eigenvalue weighted by atomic mass is 10.3. The second kappa shape index (κ2) is 6.53. The van der Waals surface area contributed by atoms with Crippen LogP contribution in [0.25, 0.3) is 0 Å². The number of H-pyrrole nitrogens is 1. The van der Waals surface area contributed by atoms with Crippen molar-refractivity contribution in [1.29, 1.82) is 0 Å². The fourth-order valence-corrected chi connectivity index (χ4v) is 1.46. The molecule has 1 aromatic carbocycles. The number of aromatic nitrogens is 2. The lowest BCUT2D eigenvalue weighted by Gasteiger charge is -2.06. The average Bonchev–Trinajstić information content (AvgIpc) is 2.92. The molecule has 2 rings (SSSR count). The van der Waals surface area contributed by atoms with Crippen LogP contribution < -0.4 is 10.1 Å². The molecular formula is C13H14FN3O2. The number of aromatic amines is 1. The summed E-state index contributed by atoms with van der Waals surface area (Å²) >= 11 is 0. The van der Waals surface area contributed by atoms with Gasteiger partial charge in [-0.05, 0) is 24.3 Å². The largest absolute Gasteiger partial charge is 0.493 e. The van der Waals surface area contributed by atoms with Crippen LogP contribution in [-0.4, -0.2) is 22.5 Å². The third-order valence-electron chi connectivity index (χ3n) is 2.44. The van der Waals surface area contributed by atoms with E-state index >= 15 is 0 Å². The van der Waals surface area contributed by atoms with Crippen LogP contribution in [0.2, 0.25) is 0 Å². The Bertz CT molecular complexity index is 511. The minimum atomic E-state index is -0.315. The van der Waals surface area contributed by atoms with Gasteiger partial charge in [-0.1, -0.05) is 0 Å². The molecule has 0 unspecified atom stereocenters. The van der Waals surface area contributed by atoms with Crippen molar-refractivity contribution < 1.29 is 13.9 Å². The summed E-state index contributed by atoms with van der Waals surface area (Å²) in [7, 11) is 0. The van der Waals surface area contributed by atoms with Crippen LogP contribution in [0.15, 0.2) is 36.8 Å². The summed E-state index contributed by atoms with van der Waals surface area (Å²) in [5.74, 6) is 0.115. The van der Waals surface area contributed by atoms with Gasteiger partial charge in [-0.3, -0.25) is 4.79 Å². The summed E-state index contributed by atoms with van der Waals surface area (Å²) in [5.41, 5.74) is 0.841. The van der Waals surface area contributed by atoms with Gasteiger partial charge in [0.1, 0.15) is 11.6 Å². The maximum Gasteiger partial charge on any atom is 0.223 e. The molecule has 19 heavy (non-hydrogen) atoms. The van der Waals surface area contributed by atoms with Crippen molar-refractivity contribution in [2.75, 3.05) is 6.61 Å². The average molecular weight is 263 g/mol. The molecule has 6 heteroatoms. The van der Waals surface area contributed by atoms with Gasteiger partial charge in [0, 0.05) is 6.20 Å². The Balaban J connectivity index is 1.65. The molecule has 0 bridgehead atoms. The van der Waals surface area contributed by atoms with Gasteiger partial charge < -0.3 is 15.0 Å². The van der Waals surface area contributed by atoms with E-state index in [0.717, 1.165) is 5.69 Å². The van der Waals surface area contributed by atoms with Gasteiger partial charge >= 0.3 is 0 Å². The van der Waals surface area contributed by atoms with E-state index in [-0.39, 0.29) is 24.8 Å². The Hall–Kier alpha value is -2.37. The van der Waals surface area contributed by atoms with Crippen molar-refractivity contribution in [3.8, 4) is 5.75 Å². The third-order valence-corrected chi connectivity index (χ3v) is 2.44. The normalized spacial score (nSPS) is 10.2. The second-order valence-corrected chi connectivity index (χ2v) is 3.91. The molecule has 100 valence electrons. The zero-order valence-corrected chi connectivity index (χ0v) is 10.2. The van der Waals surface area contributed by atoms with E-state index < -0.39 is 0 Å². The van der Waals surface area contributed by atoms with E-state index in [4.69, 9.17) is 4.74 Å². The third kappa shape index (κ3) is 4.42. The number of nitrogens with one attached hydrogen (secondary N) is 2. The molecule has 0 atom stereocenters.